The molecule has 0 aromatic rings. The Bertz CT molecular complexity index is 135. The predicted molar refractivity (Wildman–Crippen MR) is 69.5 cm³/mol. The van der Waals surface area contributed by atoms with Crippen LogP contribution in [-0.4, -0.2) is 22.4 Å². The Morgan fingerprint density at radius 1 is 0.812 bits per heavy atom. The summed E-state index contributed by atoms with van der Waals surface area (Å²) in [7, 11) is 0. The second-order valence-electron chi connectivity index (χ2n) is 5.00. The fourth-order valence-corrected chi connectivity index (χ4v) is 2.03. The topological polar surface area (TPSA) is 40.5 Å². The highest BCUT2D eigenvalue weighted by molar-refractivity contribution is 4.59. The molecule has 2 nitrogen and oxygen atoms in total. The zero-order valence-corrected chi connectivity index (χ0v) is 11.1. The lowest BCUT2D eigenvalue weighted by Crippen LogP contribution is -2.14. The van der Waals surface area contributed by atoms with Crippen LogP contribution in [0.25, 0.3) is 0 Å². The Hall–Kier alpha value is -0.0800. The molecule has 98 valence electrons. The van der Waals surface area contributed by atoms with Gasteiger partial charge in [0.15, 0.2) is 0 Å². The van der Waals surface area contributed by atoms with E-state index in [0.717, 1.165) is 12.8 Å². The fourth-order valence-electron chi connectivity index (χ4n) is 2.03. The molecule has 0 spiro atoms. The lowest BCUT2D eigenvalue weighted by Gasteiger charge is -2.11. The summed E-state index contributed by atoms with van der Waals surface area (Å²) in [5.41, 5.74) is 0. The van der Waals surface area contributed by atoms with E-state index in [2.05, 4.69) is 6.92 Å². The molecule has 16 heavy (non-hydrogen) atoms. The Morgan fingerprint density at radius 3 is 1.81 bits per heavy atom. The van der Waals surface area contributed by atoms with E-state index in [1.54, 1.807) is 6.92 Å². The third-order valence-electron chi connectivity index (χ3n) is 3.00. The van der Waals surface area contributed by atoms with Crippen LogP contribution in [0.4, 0.5) is 0 Å². The summed E-state index contributed by atoms with van der Waals surface area (Å²) < 4.78 is 0. The highest BCUT2D eigenvalue weighted by atomic mass is 16.3. The van der Waals surface area contributed by atoms with E-state index < -0.39 is 0 Å². The Balaban J connectivity index is 3.08. The van der Waals surface area contributed by atoms with Crippen LogP contribution in [0.5, 0.6) is 0 Å². The minimum absolute atomic E-state index is 0.305. The van der Waals surface area contributed by atoms with Crippen molar-refractivity contribution in [3.63, 3.8) is 0 Å². The van der Waals surface area contributed by atoms with Crippen molar-refractivity contribution in [3.8, 4) is 0 Å². The molecule has 0 fully saturated rings. The number of hydrogen-bond acceptors (Lipinski definition) is 2. The highest BCUT2D eigenvalue weighted by Gasteiger charge is 2.06. The van der Waals surface area contributed by atoms with Crippen LogP contribution in [0.15, 0.2) is 0 Å². The largest absolute Gasteiger partial charge is 0.393 e. The van der Waals surface area contributed by atoms with E-state index in [0.29, 0.717) is 6.42 Å². The van der Waals surface area contributed by atoms with Crippen LogP contribution in [0, 0.1) is 0 Å². The Kier molecular flexibility index (Phi) is 11.3. The first kappa shape index (κ1) is 15.9. The molecule has 0 aromatic heterocycles. The van der Waals surface area contributed by atoms with Crippen LogP contribution in [0.3, 0.4) is 0 Å². The molecule has 0 aromatic carbocycles. The zero-order valence-electron chi connectivity index (χ0n) is 11.1. The number of unbranched alkanes of at least 4 members (excludes halogenated alkanes) is 7. The van der Waals surface area contributed by atoms with Crippen molar-refractivity contribution in [2.75, 3.05) is 0 Å². The SMILES string of the molecule is CCCCCCCCCC[C@@H](O)C[C@H](C)O. The minimum atomic E-state index is -0.371. The molecule has 0 heterocycles. The molecule has 0 saturated heterocycles. The number of hydrogen-bond donors (Lipinski definition) is 2. The van der Waals surface area contributed by atoms with Crippen LogP contribution < -0.4 is 0 Å². The van der Waals surface area contributed by atoms with Crippen LogP contribution in [0.1, 0.15) is 78.1 Å². The second kappa shape index (κ2) is 11.4. The van der Waals surface area contributed by atoms with Crippen LogP contribution in [0.2, 0.25) is 0 Å². The maximum Gasteiger partial charge on any atom is 0.0564 e. The molecule has 0 unspecified atom stereocenters. The van der Waals surface area contributed by atoms with E-state index in [1.165, 1.54) is 44.9 Å². The average Bonchev–Trinajstić information content (AvgIpc) is 2.21. The molecule has 0 aliphatic rings. The quantitative estimate of drug-likeness (QED) is 0.532. The first-order valence-electron chi connectivity index (χ1n) is 7.03. The molecular formula is C14H30O2. The standard InChI is InChI=1S/C14H30O2/c1-3-4-5-6-7-8-9-10-11-14(16)12-13(2)15/h13-16H,3-12H2,1-2H3/t13-,14+/m0/s1. The van der Waals surface area contributed by atoms with Crippen molar-refractivity contribution in [3.05, 3.63) is 0 Å². The van der Waals surface area contributed by atoms with E-state index in [4.69, 9.17) is 5.11 Å². The van der Waals surface area contributed by atoms with E-state index in [-0.39, 0.29) is 12.2 Å². The van der Waals surface area contributed by atoms with Gasteiger partial charge in [-0.05, 0) is 19.8 Å². The van der Waals surface area contributed by atoms with Gasteiger partial charge >= 0.3 is 0 Å². The molecule has 2 N–H and O–H groups in total. The summed E-state index contributed by atoms with van der Waals surface area (Å²) in [6.45, 7) is 3.97. The second-order valence-corrected chi connectivity index (χ2v) is 5.00. The van der Waals surface area contributed by atoms with Gasteiger partial charge in [0.25, 0.3) is 0 Å². The maximum absolute atomic E-state index is 9.53. The molecule has 0 rings (SSSR count). The molecule has 0 aliphatic carbocycles. The van der Waals surface area contributed by atoms with Gasteiger partial charge in [-0.25, -0.2) is 0 Å². The smallest absolute Gasteiger partial charge is 0.0564 e. The summed E-state index contributed by atoms with van der Waals surface area (Å²) in [5, 5.41) is 18.6. The number of aliphatic hydroxyl groups is 2. The fraction of sp³-hybridized carbons (Fsp3) is 1.00. The summed E-state index contributed by atoms with van der Waals surface area (Å²) in [6, 6.07) is 0. The first-order chi connectivity index (χ1) is 7.66. The third-order valence-corrected chi connectivity index (χ3v) is 3.00. The van der Waals surface area contributed by atoms with Gasteiger partial charge in [-0.1, -0.05) is 58.3 Å². The first-order valence-corrected chi connectivity index (χ1v) is 7.03. The molecule has 0 radical (unpaired) electrons. The van der Waals surface area contributed by atoms with Gasteiger partial charge < -0.3 is 10.2 Å². The maximum atomic E-state index is 9.53. The van der Waals surface area contributed by atoms with Gasteiger partial charge in [-0.3, -0.25) is 0 Å². The van der Waals surface area contributed by atoms with E-state index in [9.17, 15) is 5.11 Å². The summed E-state index contributed by atoms with van der Waals surface area (Å²) in [4.78, 5) is 0. The molecule has 0 bridgehead atoms. The van der Waals surface area contributed by atoms with Gasteiger partial charge in [-0.15, -0.1) is 0 Å². The van der Waals surface area contributed by atoms with Gasteiger partial charge in [0.2, 0.25) is 0 Å². The summed E-state index contributed by atoms with van der Waals surface area (Å²) in [6.07, 6.45) is 11.1. The van der Waals surface area contributed by atoms with Gasteiger partial charge in [0.05, 0.1) is 12.2 Å². The predicted octanol–water partition coefficient (Wildman–Crippen LogP) is 3.65. The lowest BCUT2D eigenvalue weighted by atomic mass is 10.0. The molecule has 2 atom stereocenters. The number of aliphatic hydroxyl groups excluding tert-OH is 2. The van der Waals surface area contributed by atoms with Crippen molar-refractivity contribution in [1.82, 2.24) is 0 Å². The van der Waals surface area contributed by atoms with E-state index >= 15 is 0 Å². The lowest BCUT2D eigenvalue weighted by molar-refractivity contribution is 0.0834. The van der Waals surface area contributed by atoms with Crippen molar-refractivity contribution < 1.29 is 10.2 Å². The van der Waals surface area contributed by atoms with Gasteiger partial charge in [0.1, 0.15) is 0 Å². The molecule has 0 saturated carbocycles. The van der Waals surface area contributed by atoms with Gasteiger partial charge in [0, 0.05) is 0 Å². The summed E-state index contributed by atoms with van der Waals surface area (Å²) >= 11 is 0. The molecule has 2 heteroatoms. The van der Waals surface area contributed by atoms with Crippen molar-refractivity contribution in [2.45, 2.75) is 90.3 Å². The normalized spacial score (nSPS) is 15.0. The monoisotopic (exact) mass is 230 g/mol. The van der Waals surface area contributed by atoms with Gasteiger partial charge in [-0.2, -0.15) is 0 Å². The number of rotatable bonds is 11. The zero-order chi connectivity index (χ0) is 12.2. The molecule has 0 aliphatic heterocycles. The van der Waals surface area contributed by atoms with Crippen molar-refractivity contribution in [2.24, 2.45) is 0 Å². The van der Waals surface area contributed by atoms with Crippen LogP contribution in [-0.2, 0) is 0 Å². The van der Waals surface area contributed by atoms with Crippen molar-refractivity contribution >= 4 is 0 Å². The molecule has 0 amide bonds. The minimum Gasteiger partial charge on any atom is -0.393 e. The average molecular weight is 230 g/mol. The van der Waals surface area contributed by atoms with Crippen molar-refractivity contribution in [1.29, 1.82) is 0 Å². The molecular weight excluding hydrogens is 200 g/mol. The Labute approximate surface area is 101 Å². The summed E-state index contributed by atoms with van der Waals surface area (Å²) in [5.74, 6) is 0. The highest BCUT2D eigenvalue weighted by Crippen LogP contribution is 2.12. The van der Waals surface area contributed by atoms with E-state index in [1.807, 2.05) is 0 Å². The van der Waals surface area contributed by atoms with Crippen LogP contribution >= 0.6 is 0 Å². The third kappa shape index (κ3) is 12.0. The Morgan fingerprint density at radius 2 is 1.31 bits per heavy atom.